The molecule has 1 fully saturated rings. The van der Waals surface area contributed by atoms with E-state index in [0.29, 0.717) is 12.2 Å². The summed E-state index contributed by atoms with van der Waals surface area (Å²) in [5.41, 5.74) is 0.594. The Kier molecular flexibility index (Phi) is 4.51. The highest BCUT2D eigenvalue weighted by molar-refractivity contribution is 6.53. The van der Waals surface area contributed by atoms with Gasteiger partial charge in [-0.05, 0) is 26.0 Å². The van der Waals surface area contributed by atoms with Gasteiger partial charge in [0, 0.05) is 12.5 Å². The maximum Gasteiger partial charge on any atom is 0.315 e. The summed E-state index contributed by atoms with van der Waals surface area (Å²) in [7, 11) is 0. The van der Waals surface area contributed by atoms with Crippen molar-refractivity contribution in [3.8, 4) is 5.69 Å². The van der Waals surface area contributed by atoms with Crippen LogP contribution in [-0.4, -0.2) is 32.6 Å². The third kappa shape index (κ3) is 3.50. The lowest BCUT2D eigenvalue weighted by atomic mass is 10.1. The zero-order chi connectivity index (χ0) is 18.2. The number of hydrogen-bond donors (Lipinski definition) is 1. The number of anilines is 1. The monoisotopic (exact) mass is 381 g/mol. The molecule has 6 nitrogen and oxygen atoms in total. The number of benzene rings is 1. The number of ether oxygens (including phenoxy) is 1. The van der Waals surface area contributed by atoms with Crippen molar-refractivity contribution in [3.63, 3.8) is 0 Å². The standard InChI is InChI=1S/C17H17Cl2N3O3/c1-11-8-13(22(21-11)12-6-4-3-5-7-12)20-14(23)9-25-15(24)16(2)10-17(16,18)19/h3-8H,9-10H2,1-2H3,(H,20,23)/t16-/m1/s1. The zero-order valence-corrected chi connectivity index (χ0v) is 15.3. The Morgan fingerprint density at radius 1 is 1.32 bits per heavy atom. The molecular formula is C17H17Cl2N3O3. The Bertz CT molecular complexity index is 820. The number of esters is 1. The number of alkyl halides is 2. The van der Waals surface area contributed by atoms with Crippen LogP contribution in [0, 0.1) is 12.3 Å². The van der Waals surface area contributed by atoms with E-state index in [9.17, 15) is 9.59 Å². The molecule has 1 N–H and O–H groups in total. The second-order valence-electron chi connectivity index (χ2n) is 6.26. The molecule has 1 heterocycles. The number of amides is 1. The molecule has 1 saturated carbocycles. The Morgan fingerprint density at radius 2 is 1.96 bits per heavy atom. The lowest BCUT2D eigenvalue weighted by Crippen LogP contribution is -2.27. The number of halogens is 2. The summed E-state index contributed by atoms with van der Waals surface area (Å²) in [4.78, 5) is 24.1. The normalized spacial score (nSPS) is 20.8. The Balaban J connectivity index is 1.64. The maximum absolute atomic E-state index is 12.1. The second-order valence-corrected chi connectivity index (χ2v) is 7.74. The van der Waals surface area contributed by atoms with Gasteiger partial charge in [-0.2, -0.15) is 5.10 Å². The topological polar surface area (TPSA) is 73.2 Å². The molecule has 8 heteroatoms. The highest BCUT2D eigenvalue weighted by Crippen LogP contribution is 2.64. The first-order valence-electron chi connectivity index (χ1n) is 7.70. The van der Waals surface area contributed by atoms with Gasteiger partial charge < -0.3 is 10.1 Å². The van der Waals surface area contributed by atoms with E-state index < -0.39 is 28.2 Å². The van der Waals surface area contributed by atoms with E-state index in [0.717, 1.165) is 11.4 Å². The van der Waals surface area contributed by atoms with Crippen LogP contribution in [0.25, 0.3) is 5.69 Å². The van der Waals surface area contributed by atoms with E-state index in [1.165, 1.54) is 0 Å². The highest BCUT2D eigenvalue weighted by atomic mass is 35.5. The van der Waals surface area contributed by atoms with Crippen molar-refractivity contribution in [1.82, 2.24) is 9.78 Å². The van der Waals surface area contributed by atoms with Gasteiger partial charge in [-0.3, -0.25) is 9.59 Å². The summed E-state index contributed by atoms with van der Waals surface area (Å²) in [5.74, 6) is -0.559. The fourth-order valence-electron chi connectivity index (χ4n) is 2.45. The summed E-state index contributed by atoms with van der Waals surface area (Å²) in [6.07, 6.45) is 0.309. The molecule has 0 aliphatic heterocycles. The molecule has 1 aromatic carbocycles. The van der Waals surface area contributed by atoms with Crippen molar-refractivity contribution in [2.24, 2.45) is 5.41 Å². The summed E-state index contributed by atoms with van der Waals surface area (Å²) in [6, 6.07) is 11.1. The molecular weight excluding hydrogens is 365 g/mol. The molecule has 3 rings (SSSR count). The van der Waals surface area contributed by atoms with Crippen molar-refractivity contribution < 1.29 is 14.3 Å². The molecule has 0 bridgehead atoms. The van der Waals surface area contributed by atoms with Crippen molar-refractivity contribution in [1.29, 1.82) is 0 Å². The van der Waals surface area contributed by atoms with Gasteiger partial charge in [0.1, 0.15) is 15.6 Å². The number of para-hydroxylation sites is 1. The molecule has 1 aromatic heterocycles. The molecule has 0 radical (unpaired) electrons. The quantitative estimate of drug-likeness (QED) is 0.637. The summed E-state index contributed by atoms with van der Waals surface area (Å²) in [5, 5.41) is 7.05. The summed E-state index contributed by atoms with van der Waals surface area (Å²) in [6.45, 7) is 3.02. The maximum atomic E-state index is 12.1. The number of carbonyl (C=O) groups is 2. The molecule has 1 aliphatic rings. The van der Waals surface area contributed by atoms with Crippen LogP contribution in [0.3, 0.4) is 0 Å². The first-order chi connectivity index (χ1) is 11.7. The van der Waals surface area contributed by atoms with Crippen molar-refractivity contribution >= 4 is 40.9 Å². The predicted molar refractivity (Wildman–Crippen MR) is 95.1 cm³/mol. The van der Waals surface area contributed by atoms with E-state index in [1.807, 2.05) is 37.3 Å². The van der Waals surface area contributed by atoms with E-state index in [1.54, 1.807) is 17.7 Å². The minimum absolute atomic E-state index is 0.309. The zero-order valence-electron chi connectivity index (χ0n) is 13.8. The molecule has 1 atom stereocenters. The van der Waals surface area contributed by atoms with Crippen LogP contribution < -0.4 is 5.32 Å². The van der Waals surface area contributed by atoms with Crippen LogP contribution >= 0.6 is 23.2 Å². The van der Waals surface area contributed by atoms with Gasteiger partial charge in [-0.15, -0.1) is 23.2 Å². The molecule has 2 aromatic rings. The van der Waals surface area contributed by atoms with Gasteiger partial charge in [0.05, 0.1) is 11.4 Å². The molecule has 0 saturated heterocycles. The van der Waals surface area contributed by atoms with Crippen LogP contribution in [0.15, 0.2) is 36.4 Å². The smallest absolute Gasteiger partial charge is 0.315 e. The molecule has 0 spiro atoms. The van der Waals surface area contributed by atoms with E-state index in [-0.39, 0.29) is 0 Å². The number of rotatable bonds is 5. The predicted octanol–water partition coefficient (Wildman–Crippen LogP) is 3.25. The van der Waals surface area contributed by atoms with Crippen LogP contribution in [-0.2, 0) is 14.3 Å². The average Bonchev–Trinajstić information content (AvgIpc) is 2.89. The molecule has 1 amide bonds. The van der Waals surface area contributed by atoms with E-state index in [2.05, 4.69) is 10.4 Å². The van der Waals surface area contributed by atoms with E-state index >= 15 is 0 Å². The molecule has 132 valence electrons. The lowest BCUT2D eigenvalue weighted by molar-refractivity contribution is -0.152. The largest absolute Gasteiger partial charge is 0.455 e. The number of nitrogens with zero attached hydrogens (tertiary/aromatic N) is 2. The number of aryl methyl sites for hydroxylation is 1. The van der Waals surface area contributed by atoms with Gasteiger partial charge in [0.2, 0.25) is 0 Å². The van der Waals surface area contributed by atoms with Crippen molar-refractivity contribution in [3.05, 3.63) is 42.1 Å². The van der Waals surface area contributed by atoms with E-state index in [4.69, 9.17) is 27.9 Å². The fraction of sp³-hybridized carbons (Fsp3) is 0.353. The third-order valence-electron chi connectivity index (χ3n) is 4.14. The van der Waals surface area contributed by atoms with Gasteiger partial charge >= 0.3 is 5.97 Å². The van der Waals surface area contributed by atoms with Crippen molar-refractivity contribution in [2.75, 3.05) is 11.9 Å². The minimum Gasteiger partial charge on any atom is -0.455 e. The van der Waals surface area contributed by atoms with Crippen LogP contribution in [0.2, 0.25) is 0 Å². The minimum atomic E-state index is -1.12. The first-order valence-corrected chi connectivity index (χ1v) is 8.45. The Hall–Kier alpha value is -2.05. The fourth-order valence-corrected chi connectivity index (χ4v) is 3.13. The molecule has 25 heavy (non-hydrogen) atoms. The van der Waals surface area contributed by atoms with Gasteiger partial charge in [-0.1, -0.05) is 18.2 Å². The van der Waals surface area contributed by atoms with Crippen LogP contribution in [0.5, 0.6) is 0 Å². The van der Waals surface area contributed by atoms with Gasteiger partial charge in [0.25, 0.3) is 5.91 Å². The summed E-state index contributed by atoms with van der Waals surface area (Å²) >= 11 is 11.9. The Morgan fingerprint density at radius 3 is 2.56 bits per heavy atom. The van der Waals surface area contributed by atoms with Crippen LogP contribution in [0.1, 0.15) is 19.0 Å². The van der Waals surface area contributed by atoms with Gasteiger partial charge in [0.15, 0.2) is 6.61 Å². The summed E-state index contributed by atoms with van der Waals surface area (Å²) < 4.78 is 5.53. The number of hydrogen-bond acceptors (Lipinski definition) is 4. The number of nitrogens with one attached hydrogen (secondary N) is 1. The number of aromatic nitrogens is 2. The van der Waals surface area contributed by atoms with Crippen LogP contribution in [0.4, 0.5) is 5.82 Å². The first kappa shape index (κ1) is 17.8. The Labute approximate surface area is 155 Å². The second kappa shape index (κ2) is 6.35. The van der Waals surface area contributed by atoms with Crippen molar-refractivity contribution in [2.45, 2.75) is 24.6 Å². The molecule has 1 aliphatic carbocycles. The highest BCUT2D eigenvalue weighted by Gasteiger charge is 2.69. The number of carbonyl (C=O) groups excluding carboxylic acids is 2. The SMILES string of the molecule is Cc1cc(NC(=O)COC(=O)[C@@]2(C)CC2(Cl)Cl)n(-c2ccccc2)n1. The molecule has 0 unspecified atom stereocenters. The average molecular weight is 382 g/mol. The third-order valence-corrected chi connectivity index (χ3v) is 5.24. The lowest BCUT2D eigenvalue weighted by Gasteiger charge is -2.12. The van der Waals surface area contributed by atoms with Gasteiger partial charge in [-0.25, -0.2) is 4.68 Å².